The van der Waals surface area contributed by atoms with Crippen molar-refractivity contribution in [3.8, 4) is 0 Å². The van der Waals surface area contributed by atoms with Crippen LogP contribution in [0.2, 0.25) is 5.02 Å². The number of halogens is 1. The molecule has 3 rings (SSSR count). The van der Waals surface area contributed by atoms with E-state index in [1.165, 1.54) is 22.6 Å². The van der Waals surface area contributed by atoms with Crippen molar-refractivity contribution in [1.29, 1.82) is 0 Å². The number of hydrogen-bond acceptors (Lipinski definition) is 2. The maximum absolute atomic E-state index is 5.87. The van der Waals surface area contributed by atoms with Gasteiger partial charge in [0.15, 0.2) is 0 Å². The SMILES string of the molecule is Cc1nn(C2CC2)cc1Sc1ccc(Cl)cc1. The number of aryl methyl sites for hydroxylation is 1. The molecule has 0 bridgehead atoms. The van der Waals surface area contributed by atoms with Crippen molar-refractivity contribution in [1.82, 2.24) is 9.78 Å². The fourth-order valence-electron chi connectivity index (χ4n) is 1.72. The van der Waals surface area contributed by atoms with Crippen molar-refractivity contribution < 1.29 is 0 Å². The molecular formula is C13H13ClN2S. The van der Waals surface area contributed by atoms with Crippen molar-refractivity contribution in [3.05, 3.63) is 41.2 Å². The zero-order valence-corrected chi connectivity index (χ0v) is 11.1. The van der Waals surface area contributed by atoms with Crippen LogP contribution < -0.4 is 0 Å². The molecule has 1 aromatic heterocycles. The van der Waals surface area contributed by atoms with Gasteiger partial charge in [0.05, 0.1) is 16.6 Å². The lowest BCUT2D eigenvalue weighted by Gasteiger charge is -1.99. The zero-order chi connectivity index (χ0) is 11.8. The summed E-state index contributed by atoms with van der Waals surface area (Å²) >= 11 is 7.62. The van der Waals surface area contributed by atoms with Crippen LogP contribution in [0, 0.1) is 6.92 Å². The van der Waals surface area contributed by atoms with Crippen molar-refractivity contribution >= 4 is 23.4 Å². The van der Waals surface area contributed by atoms with E-state index in [1.54, 1.807) is 11.8 Å². The van der Waals surface area contributed by atoms with Crippen LogP contribution in [-0.2, 0) is 0 Å². The van der Waals surface area contributed by atoms with Gasteiger partial charge in [0.2, 0.25) is 0 Å². The van der Waals surface area contributed by atoms with E-state index in [0.717, 1.165) is 10.7 Å². The molecule has 1 heterocycles. The summed E-state index contributed by atoms with van der Waals surface area (Å²) in [7, 11) is 0. The third kappa shape index (κ3) is 2.50. The topological polar surface area (TPSA) is 17.8 Å². The van der Waals surface area contributed by atoms with Gasteiger partial charge in [-0.15, -0.1) is 0 Å². The highest BCUT2D eigenvalue weighted by atomic mass is 35.5. The Hall–Kier alpha value is -0.930. The minimum absolute atomic E-state index is 0.647. The first-order valence-electron chi connectivity index (χ1n) is 5.71. The van der Waals surface area contributed by atoms with Crippen LogP contribution in [0.1, 0.15) is 24.6 Å². The number of aromatic nitrogens is 2. The molecule has 0 atom stereocenters. The van der Waals surface area contributed by atoms with E-state index in [0.29, 0.717) is 6.04 Å². The van der Waals surface area contributed by atoms with E-state index in [-0.39, 0.29) is 0 Å². The highest BCUT2D eigenvalue weighted by molar-refractivity contribution is 7.99. The van der Waals surface area contributed by atoms with Crippen molar-refractivity contribution in [2.24, 2.45) is 0 Å². The molecule has 2 aromatic rings. The molecule has 0 amide bonds. The van der Waals surface area contributed by atoms with Crippen LogP contribution in [0.3, 0.4) is 0 Å². The van der Waals surface area contributed by atoms with Crippen LogP contribution in [0.5, 0.6) is 0 Å². The standard InChI is InChI=1S/C13H13ClN2S/c1-9-13(8-16(15-9)11-4-5-11)17-12-6-2-10(14)3-7-12/h2-3,6-8,11H,4-5H2,1H3. The normalized spacial score (nSPS) is 15.2. The maximum atomic E-state index is 5.87. The van der Waals surface area contributed by atoms with Crippen molar-refractivity contribution in [2.45, 2.75) is 35.6 Å². The Kier molecular flexibility index (Phi) is 2.89. The van der Waals surface area contributed by atoms with Crippen LogP contribution in [0.25, 0.3) is 0 Å². The Labute approximate surface area is 110 Å². The van der Waals surface area contributed by atoms with Gasteiger partial charge in [-0.1, -0.05) is 23.4 Å². The van der Waals surface area contributed by atoms with Gasteiger partial charge >= 0.3 is 0 Å². The molecule has 1 aliphatic rings. The van der Waals surface area contributed by atoms with Crippen molar-refractivity contribution in [2.75, 3.05) is 0 Å². The molecule has 4 heteroatoms. The minimum atomic E-state index is 0.647. The summed E-state index contributed by atoms with van der Waals surface area (Å²) in [6, 6.07) is 8.57. The fraction of sp³-hybridized carbons (Fsp3) is 0.308. The summed E-state index contributed by atoms with van der Waals surface area (Å²) in [6.07, 6.45) is 4.70. The molecule has 0 saturated heterocycles. The van der Waals surface area contributed by atoms with Gasteiger partial charge in [-0.3, -0.25) is 4.68 Å². The highest BCUT2D eigenvalue weighted by Gasteiger charge is 2.25. The number of rotatable bonds is 3. The second-order valence-corrected chi connectivity index (χ2v) is 5.90. The van der Waals surface area contributed by atoms with E-state index < -0.39 is 0 Å². The largest absolute Gasteiger partial charge is 0.268 e. The predicted molar refractivity (Wildman–Crippen MR) is 70.8 cm³/mol. The Morgan fingerprint density at radius 1 is 1.29 bits per heavy atom. The smallest absolute Gasteiger partial charge is 0.0733 e. The molecule has 0 radical (unpaired) electrons. The Morgan fingerprint density at radius 3 is 2.65 bits per heavy atom. The van der Waals surface area contributed by atoms with Crippen LogP contribution in [-0.4, -0.2) is 9.78 Å². The Morgan fingerprint density at radius 2 is 2.00 bits per heavy atom. The first-order valence-corrected chi connectivity index (χ1v) is 6.91. The van der Waals surface area contributed by atoms with Gasteiger partial charge in [0.1, 0.15) is 0 Å². The van der Waals surface area contributed by atoms with Gasteiger partial charge < -0.3 is 0 Å². The molecule has 88 valence electrons. The minimum Gasteiger partial charge on any atom is -0.268 e. The molecule has 1 aliphatic carbocycles. The average Bonchev–Trinajstić information content (AvgIpc) is 3.09. The predicted octanol–water partition coefficient (Wildman–Crippen LogP) is 4.33. The summed E-state index contributed by atoms with van der Waals surface area (Å²) in [5.41, 5.74) is 1.11. The molecule has 0 aliphatic heterocycles. The monoisotopic (exact) mass is 264 g/mol. The molecule has 2 nitrogen and oxygen atoms in total. The third-order valence-electron chi connectivity index (χ3n) is 2.83. The third-order valence-corrected chi connectivity index (χ3v) is 4.21. The van der Waals surface area contributed by atoms with E-state index in [9.17, 15) is 0 Å². The van der Waals surface area contributed by atoms with Gasteiger partial charge in [0, 0.05) is 16.1 Å². The lowest BCUT2D eigenvalue weighted by atomic mass is 10.4. The lowest BCUT2D eigenvalue weighted by molar-refractivity contribution is 0.635. The number of benzene rings is 1. The van der Waals surface area contributed by atoms with E-state index in [2.05, 4.69) is 22.9 Å². The van der Waals surface area contributed by atoms with E-state index in [1.807, 2.05) is 24.3 Å². The maximum Gasteiger partial charge on any atom is 0.0733 e. The Bertz CT molecular complexity index is 529. The summed E-state index contributed by atoms with van der Waals surface area (Å²) in [5, 5.41) is 5.33. The highest BCUT2D eigenvalue weighted by Crippen LogP contribution is 2.37. The molecule has 17 heavy (non-hydrogen) atoms. The number of hydrogen-bond donors (Lipinski definition) is 0. The molecule has 0 spiro atoms. The molecule has 1 saturated carbocycles. The quantitative estimate of drug-likeness (QED) is 0.821. The fourth-order valence-corrected chi connectivity index (χ4v) is 2.72. The lowest BCUT2D eigenvalue weighted by Crippen LogP contribution is -1.93. The Balaban J connectivity index is 1.81. The zero-order valence-electron chi connectivity index (χ0n) is 9.56. The molecule has 0 N–H and O–H groups in total. The second-order valence-electron chi connectivity index (χ2n) is 4.35. The number of nitrogens with zero attached hydrogens (tertiary/aromatic N) is 2. The molecule has 0 unspecified atom stereocenters. The summed E-state index contributed by atoms with van der Waals surface area (Å²) in [5.74, 6) is 0. The van der Waals surface area contributed by atoms with Crippen LogP contribution in [0.4, 0.5) is 0 Å². The second kappa shape index (κ2) is 4.39. The van der Waals surface area contributed by atoms with Gasteiger partial charge in [-0.2, -0.15) is 5.10 Å². The summed E-state index contributed by atoms with van der Waals surface area (Å²) < 4.78 is 2.10. The van der Waals surface area contributed by atoms with E-state index >= 15 is 0 Å². The van der Waals surface area contributed by atoms with Crippen LogP contribution in [0.15, 0.2) is 40.3 Å². The first-order chi connectivity index (χ1) is 8.22. The summed E-state index contributed by atoms with van der Waals surface area (Å²) in [4.78, 5) is 2.44. The van der Waals surface area contributed by atoms with E-state index in [4.69, 9.17) is 11.6 Å². The molecule has 1 aromatic carbocycles. The van der Waals surface area contributed by atoms with Crippen molar-refractivity contribution in [3.63, 3.8) is 0 Å². The van der Waals surface area contributed by atoms with Gasteiger partial charge in [0.25, 0.3) is 0 Å². The van der Waals surface area contributed by atoms with Gasteiger partial charge in [-0.25, -0.2) is 0 Å². The molecule has 1 fully saturated rings. The average molecular weight is 265 g/mol. The first kappa shape index (κ1) is 11.2. The summed E-state index contributed by atoms with van der Waals surface area (Å²) in [6.45, 7) is 2.07. The van der Waals surface area contributed by atoms with Crippen LogP contribution >= 0.6 is 23.4 Å². The van der Waals surface area contributed by atoms with Gasteiger partial charge in [-0.05, 0) is 44.0 Å². The molecular weight excluding hydrogens is 252 g/mol.